The molecule has 0 aromatic heterocycles. The van der Waals surface area contributed by atoms with Gasteiger partial charge in [-0.05, 0) is 55.8 Å². The number of aryl methyl sites for hydroxylation is 1. The third kappa shape index (κ3) is 4.48. The zero-order valence-electron chi connectivity index (χ0n) is 11.7. The Balaban J connectivity index is 2.02. The third-order valence-corrected chi connectivity index (χ3v) is 4.30. The van der Waals surface area contributed by atoms with Crippen LogP contribution in [0, 0.1) is 12.7 Å². The van der Waals surface area contributed by atoms with Crippen molar-refractivity contribution in [1.82, 2.24) is 0 Å². The summed E-state index contributed by atoms with van der Waals surface area (Å²) in [5.41, 5.74) is 1.66. The summed E-state index contributed by atoms with van der Waals surface area (Å²) in [7, 11) is 0. The van der Waals surface area contributed by atoms with Gasteiger partial charge in [0, 0.05) is 15.6 Å². The molecule has 0 saturated heterocycles. The molecule has 2 aromatic rings. The minimum Gasteiger partial charge on any atom is -0.325 e. The average molecular weight is 324 g/mol. The highest BCUT2D eigenvalue weighted by Gasteiger charge is 2.15. The van der Waals surface area contributed by atoms with Gasteiger partial charge in [-0.3, -0.25) is 4.79 Å². The molecule has 0 aliphatic carbocycles. The molecule has 0 spiro atoms. The average Bonchev–Trinajstić information content (AvgIpc) is 2.45. The second kappa shape index (κ2) is 6.96. The topological polar surface area (TPSA) is 29.1 Å². The first-order valence-corrected chi connectivity index (χ1v) is 7.70. The van der Waals surface area contributed by atoms with Crippen molar-refractivity contribution in [3.63, 3.8) is 0 Å². The number of hydrogen-bond donors (Lipinski definition) is 1. The molecule has 0 fully saturated rings. The highest BCUT2D eigenvalue weighted by atomic mass is 35.5. The van der Waals surface area contributed by atoms with E-state index in [0.29, 0.717) is 10.7 Å². The maximum absolute atomic E-state index is 12.9. The summed E-state index contributed by atoms with van der Waals surface area (Å²) in [6.07, 6.45) is 0. The molecule has 2 rings (SSSR count). The SMILES string of the molecule is Cc1ccc(Cl)cc1NC(=O)[C@H](C)Sc1ccc(F)cc1. The summed E-state index contributed by atoms with van der Waals surface area (Å²) in [6.45, 7) is 3.72. The molecule has 2 nitrogen and oxygen atoms in total. The molecule has 1 N–H and O–H groups in total. The lowest BCUT2D eigenvalue weighted by atomic mass is 10.2. The van der Waals surface area contributed by atoms with Crippen molar-refractivity contribution in [3.8, 4) is 0 Å². The number of benzene rings is 2. The molecule has 0 heterocycles. The van der Waals surface area contributed by atoms with Crippen molar-refractivity contribution in [2.24, 2.45) is 0 Å². The van der Waals surface area contributed by atoms with Gasteiger partial charge in [0.2, 0.25) is 5.91 Å². The van der Waals surface area contributed by atoms with Crippen molar-refractivity contribution in [2.75, 3.05) is 5.32 Å². The fourth-order valence-corrected chi connectivity index (χ4v) is 2.77. The first kappa shape index (κ1) is 15.9. The predicted molar refractivity (Wildman–Crippen MR) is 86.5 cm³/mol. The molecule has 0 saturated carbocycles. The highest BCUT2D eigenvalue weighted by molar-refractivity contribution is 8.00. The van der Waals surface area contributed by atoms with Crippen LogP contribution in [0.4, 0.5) is 10.1 Å². The Bertz CT molecular complexity index is 645. The summed E-state index contributed by atoms with van der Waals surface area (Å²) < 4.78 is 12.9. The van der Waals surface area contributed by atoms with Gasteiger partial charge >= 0.3 is 0 Å². The van der Waals surface area contributed by atoms with Gasteiger partial charge in [-0.2, -0.15) is 0 Å². The van der Waals surface area contributed by atoms with Crippen molar-refractivity contribution >= 4 is 35.0 Å². The van der Waals surface area contributed by atoms with Crippen LogP contribution in [0.5, 0.6) is 0 Å². The van der Waals surface area contributed by atoms with Crippen LogP contribution in [0.3, 0.4) is 0 Å². The Morgan fingerprint density at radius 1 is 1.24 bits per heavy atom. The lowest BCUT2D eigenvalue weighted by Crippen LogP contribution is -2.22. The van der Waals surface area contributed by atoms with Crippen LogP contribution < -0.4 is 5.32 Å². The molecule has 1 amide bonds. The Morgan fingerprint density at radius 2 is 1.90 bits per heavy atom. The van der Waals surface area contributed by atoms with Gasteiger partial charge in [0.1, 0.15) is 5.82 Å². The molecular weight excluding hydrogens is 309 g/mol. The van der Waals surface area contributed by atoms with Crippen molar-refractivity contribution < 1.29 is 9.18 Å². The zero-order valence-corrected chi connectivity index (χ0v) is 13.3. The van der Waals surface area contributed by atoms with E-state index in [4.69, 9.17) is 11.6 Å². The second-order valence-electron chi connectivity index (χ2n) is 4.66. The molecule has 1 atom stereocenters. The number of carbonyl (C=O) groups excluding carboxylic acids is 1. The van der Waals surface area contributed by atoms with Crippen LogP contribution in [0.25, 0.3) is 0 Å². The van der Waals surface area contributed by atoms with Gasteiger partial charge in [0.25, 0.3) is 0 Å². The number of rotatable bonds is 4. The standard InChI is InChI=1S/C16H15ClFNOS/c1-10-3-4-12(17)9-15(10)19-16(20)11(2)21-14-7-5-13(18)6-8-14/h3-9,11H,1-2H3,(H,19,20)/t11-/m0/s1. The Kier molecular flexibility index (Phi) is 5.26. The monoisotopic (exact) mass is 323 g/mol. The van der Waals surface area contributed by atoms with Crippen LogP contribution in [0.2, 0.25) is 5.02 Å². The van der Waals surface area contributed by atoms with Gasteiger partial charge < -0.3 is 5.32 Å². The van der Waals surface area contributed by atoms with Crippen LogP contribution in [0.15, 0.2) is 47.4 Å². The summed E-state index contributed by atoms with van der Waals surface area (Å²) in [6, 6.07) is 11.5. The fourth-order valence-electron chi connectivity index (χ4n) is 1.73. The fraction of sp³-hybridized carbons (Fsp3) is 0.188. The molecule has 110 valence electrons. The molecule has 0 aliphatic heterocycles. The minimum absolute atomic E-state index is 0.116. The number of carbonyl (C=O) groups is 1. The molecule has 0 aliphatic rings. The van der Waals surface area contributed by atoms with E-state index in [1.807, 2.05) is 19.9 Å². The van der Waals surface area contributed by atoms with E-state index in [1.165, 1.54) is 23.9 Å². The number of amides is 1. The molecule has 0 bridgehead atoms. The first-order valence-electron chi connectivity index (χ1n) is 6.45. The number of anilines is 1. The minimum atomic E-state index is -0.297. The van der Waals surface area contributed by atoms with E-state index >= 15 is 0 Å². The maximum Gasteiger partial charge on any atom is 0.237 e. The summed E-state index contributed by atoms with van der Waals surface area (Å²) in [4.78, 5) is 13.0. The van der Waals surface area contributed by atoms with E-state index in [9.17, 15) is 9.18 Å². The van der Waals surface area contributed by atoms with Crippen molar-refractivity contribution in [3.05, 3.63) is 58.9 Å². The Labute approximate surface area is 132 Å². The quantitative estimate of drug-likeness (QED) is 0.810. The molecule has 0 unspecified atom stereocenters. The lowest BCUT2D eigenvalue weighted by molar-refractivity contribution is -0.115. The van der Waals surface area contributed by atoms with Crippen LogP contribution in [-0.2, 0) is 4.79 Å². The number of thioether (sulfide) groups is 1. The van der Waals surface area contributed by atoms with Crippen LogP contribution in [-0.4, -0.2) is 11.2 Å². The lowest BCUT2D eigenvalue weighted by Gasteiger charge is -2.13. The van der Waals surface area contributed by atoms with Crippen molar-refractivity contribution in [1.29, 1.82) is 0 Å². The van der Waals surface area contributed by atoms with Gasteiger partial charge in [-0.15, -0.1) is 11.8 Å². The third-order valence-electron chi connectivity index (χ3n) is 2.95. The van der Waals surface area contributed by atoms with Gasteiger partial charge in [0.15, 0.2) is 0 Å². The molecule has 5 heteroatoms. The van der Waals surface area contributed by atoms with E-state index in [0.717, 1.165) is 10.5 Å². The zero-order chi connectivity index (χ0) is 15.4. The Morgan fingerprint density at radius 3 is 2.57 bits per heavy atom. The number of nitrogens with one attached hydrogen (secondary N) is 1. The van der Waals surface area contributed by atoms with Crippen molar-refractivity contribution in [2.45, 2.75) is 24.0 Å². The van der Waals surface area contributed by atoms with E-state index in [1.54, 1.807) is 24.3 Å². The van der Waals surface area contributed by atoms with Gasteiger partial charge in [0.05, 0.1) is 5.25 Å². The Hall–Kier alpha value is -1.52. The second-order valence-corrected chi connectivity index (χ2v) is 6.51. The number of halogens is 2. The summed E-state index contributed by atoms with van der Waals surface area (Å²) >= 11 is 7.31. The summed E-state index contributed by atoms with van der Waals surface area (Å²) in [5.74, 6) is -0.402. The smallest absolute Gasteiger partial charge is 0.237 e. The molecular formula is C16H15ClFNOS. The van der Waals surface area contributed by atoms with E-state index < -0.39 is 0 Å². The largest absolute Gasteiger partial charge is 0.325 e. The maximum atomic E-state index is 12.9. The van der Waals surface area contributed by atoms with Gasteiger partial charge in [-0.25, -0.2) is 4.39 Å². The molecule has 2 aromatic carbocycles. The first-order chi connectivity index (χ1) is 9.95. The predicted octanol–water partition coefficient (Wildman–Crippen LogP) is 4.91. The number of hydrogen-bond acceptors (Lipinski definition) is 2. The summed E-state index contributed by atoms with van der Waals surface area (Å²) in [5, 5.41) is 3.15. The van der Waals surface area contributed by atoms with Crippen LogP contribution >= 0.6 is 23.4 Å². The molecule has 21 heavy (non-hydrogen) atoms. The van der Waals surface area contributed by atoms with Gasteiger partial charge in [-0.1, -0.05) is 17.7 Å². The van der Waals surface area contributed by atoms with Crippen LogP contribution in [0.1, 0.15) is 12.5 Å². The van der Waals surface area contributed by atoms with E-state index in [2.05, 4.69) is 5.32 Å². The normalized spacial score (nSPS) is 12.0. The highest BCUT2D eigenvalue weighted by Crippen LogP contribution is 2.26. The van der Waals surface area contributed by atoms with E-state index in [-0.39, 0.29) is 17.0 Å². The molecule has 0 radical (unpaired) electrons.